The van der Waals surface area contributed by atoms with Crippen molar-refractivity contribution in [2.24, 2.45) is 13.0 Å². The van der Waals surface area contributed by atoms with E-state index in [2.05, 4.69) is 15.2 Å². The summed E-state index contributed by atoms with van der Waals surface area (Å²) in [5.74, 6) is 1.93. The monoisotopic (exact) mass is 472 g/mol. The van der Waals surface area contributed by atoms with E-state index < -0.39 is 0 Å². The summed E-state index contributed by atoms with van der Waals surface area (Å²) in [6, 6.07) is 11.1. The lowest BCUT2D eigenvalue weighted by molar-refractivity contribution is -0.121. The van der Waals surface area contributed by atoms with Gasteiger partial charge >= 0.3 is 0 Å². The predicted molar refractivity (Wildman–Crippen MR) is 126 cm³/mol. The fraction of sp³-hybridized carbons (Fsp3) is 0.364. The third kappa shape index (κ3) is 5.01. The van der Waals surface area contributed by atoms with Crippen LogP contribution in [0.4, 0.5) is 5.82 Å². The van der Waals surface area contributed by atoms with Gasteiger partial charge in [-0.2, -0.15) is 5.10 Å². The summed E-state index contributed by atoms with van der Waals surface area (Å²) in [5.41, 5.74) is 0.963. The summed E-state index contributed by atoms with van der Waals surface area (Å²) in [7, 11) is 3.56. The van der Waals surface area contributed by atoms with Gasteiger partial charge in [0.15, 0.2) is 10.6 Å². The second kappa shape index (κ2) is 9.81. The number of likely N-dealkylation sites (tertiary alicyclic amines) is 1. The molecule has 4 rings (SSSR count). The molecule has 1 N–H and O–H groups in total. The van der Waals surface area contributed by atoms with E-state index in [1.807, 2.05) is 40.6 Å². The smallest absolute Gasteiger partial charge is 0.229 e. The summed E-state index contributed by atoms with van der Waals surface area (Å²) in [5, 5.41) is 8.17. The number of benzene rings is 1. The van der Waals surface area contributed by atoms with Crippen LogP contribution in [-0.2, 0) is 18.5 Å². The lowest BCUT2D eigenvalue weighted by Gasteiger charge is -2.31. The molecule has 1 amide bonds. The lowest BCUT2D eigenvalue weighted by Crippen LogP contribution is -2.41. The number of hydrogen-bond donors (Lipinski definition) is 1. The molecular weight excluding hydrogens is 448 g/mol. The number of ether oxygens (including phenoxy) is 1. The topological polar surface area (TPSA) is 77.2 Å². The standard InChI is InChI=1S/C22H25ClN6O2S/c1-27-20(15-5-8-18(31-2)9-6-15)26-29(22(27)32)14-28-11-3-4-16(13-28)21(30)25-19-10-7-17(23)12-24-19/h5-10,12,16H,3-4,11,13-14H2,1-2H3,(H,24,25,30). The van der Waals surface area contributed by atoms with Crippen molar-refractivity contribution in [2.75, 3.05) is 25.5 Å². The van der Waals surface area contributed by atoms with E-state index in [1.165, 1.54) is 6.20 Å². The average molecular weight is 473 g/mol. The molecule has 1 unspecified atom stereocenters. The highest BCUT2D eigenvalue weighted by Crippen LogP contribution is 2.23. The van der Waals surface area contributed by atoms with Gasteiger partial charge in [0, 0.05) is 25.4 Å². The van der Waals surface area contributed by atoms with Crippen LogP contribution in [0.25, 0.3) is 11.4 Å². The first-order chi connectivity index (χ1) is 15.4. The van der Waals surface area contributed by atoms with Crippen LogP contribution in [0, 0.1) is 10.7 Å². The summed E-state index contributed by atoms with van der Waals surface area (Å²) in [6.45, 7) is 2.06. The first kappa shape index (κ1) is 22.4. The van der Waals surface area contributed by atoms with Crippen molar-refractivity contribution < 1.29 is 9.53 Å². The van der Waals surface area contributed by atoms with Crippen LogP contribution in [0.5, 0.6) is 5.75 Å². The van der Waals surface area contributed by atoms with Gasteiger partial charge in [0.05, 0.1) is 24.7 Å². The van der Waals surface area contributed by atoms with E-state index in [0.717, 1.165) is 36.5 Å². The fourth-order valence-electron chi connectivity index (χ4n) is 3.84. The number of methoxy groups -OCH3 is 1. The zero-order chi connectivity index (χ0) is 22.7. The number of hydrogen-bond acceptors (Lipinski definition) is 6. The largest absolute Gasteiger partial charge is 0.497 e. The van der Waals surface area contributed by atoms with Crippen molar-refractivity contribution in [3.05, 3.63) is 52.4 Å². The van der Waals surface area contributed by atoms with Crippen LogP contribution in [0.15, 0.2) is 42.6 Å². The Hall–Kier alpha value is -2.75. The molecule has 8 nitrogen and oxygen atoms in total. The van der Waals surface area contributed by atoms with Crippen molar-refractivity contribution in [1.82, 2.24) is 24.2 Å². The number of pyridine rings is 1. The molecule has 0 spiro atoms. The molecule has 0 saturated carbocycles. The summed E-state index contributed by atoms with van der Waals surface area (Å²) < 4.78 is 9.58. The van der Waals surface area contributed by atoms with Gasteiger partial charge in [-0.1, -0.05) is 11.6 Å². The van der Waals surface area contributed by atoms with Gasteiger partial charge in [-0.3, -0.25) is 9.69 Å². The normalized spacial score (nSPS) is 16.7. The van der Waals surface area contributed by atoms with Gasteiger partial charge in [-0.05, 0) is 68.0 Å². The van der Waals surface area contributed by atoms with Crippen molar-refractivity contribution in [3.63, 3.8) is 0 Å². The van der Waals surface area contributed by atoms with Crippen molar-refractivity contribution in [2.45, 2.75) is 19.5 Å². The van der Waals surface area contributed by atoms with Crippen LogP contribution in [0.3, 0.4) is 0 Å². The molecule has 1 aliphatic heterocycles. The quantitative estimate of drug-likeness (QED) is 0.547. The molecule has 168 valence electrons. The molecular formula is C22H25ClN6O2S. The second-order valence-corrected chi connectivity index (χ2v) is 8.60. The molecule has 1 fully saturated rings. The number of aromatic nitrogens is 4. The van der Waals surface area contributed by atoms with Crippen LogP contribution in [-0.4, -0.2) is 50.3 Å². The number of carbonyl (C=O) groups is 1. The Morgan fingerprint density at radius 2 is 2.06 bits per heavy atom. The Bertz CT molecular complexity index is 1140. The van der Waals surface area contributed by atoms with Gasteiger partial charge in [0.25, 0.3) is 0 Å². The molecule has 0 bridgehead atoms. The molecule has 1 aliphatic rings. The van der Waals surface area contributed by atoms with E-state index in [1.54, 1.807) is 19.2 Å². The lowest BCUT2D eigenvalue weighted by atomic mass is 9.97. The van der Waals surface area contributed by atoms with E-state index in [4.69, 9.17) is 33.7 Å². The maximum atomic E-state index is 12.7. The number of rotatable bonds is 6. The Morgan fingerprint density at radius 1 is 1.28 bits per heavy atom. The molecule has 3 aromatic rings. The molecule has 10 heteroatoms. The minimum Gasteiger partial charge on any atom is -0.497 e. The Labute approximate surface area is 196 Å². The third-order valence-corrected chi connectivity index (χ3v) is 6.29. The maximum absolute atomic E-state index is 12.7. The molecule has 3 heterocycles. The van der Waals surface area contributed by atoms with E-state index >= 15 is 0 Å². The maximum Gasteiger partial charge on any atom is 0.229 e. The number of anilines is 1. The Kier molecular flexibility index (Phi) is 6.88. The third-order valence-electron chi connectivity index (χ3n) is 5.58. The molecule has 1 atom stereocenters. The van der Waals surface area contributed by atoms with Crippen LogP contribution in [0.2, 0.25) is 5.02 Å². The zero-order valence-electron chi connectivity index (χ0n) is 18.0. The highest BCUT2D eigenvalue weighted by molar-refractivity contribution is 7.71. The second-order valence-electron chi connectivity index (χ2n) is 7.80. The first-order valence-corrected chi connectivity index (χ1v) is 11.2. The van der Waals surface area contributed by atoms with Gasteiger partial charge in [0.2, 0.25) is 5.91 Å². The number of amides is 1. The summed E-state index contributed by atoms with van der Waals surface area (Å²) >= 11 is 11.5. The van der Waals surface area contributed by atoms with Crippen LogP contribution < -0.4 is 10.1 Å². The number of piperidine rings is 1. The van der Waals surface area contributed by atoms with Gasteiger partial charge in [-0.25, -0.2) is 9.67 Å². The zero-order valence-corrected chi connectivity index (χ0v) is 19.6. The number of halogens is 1. The number of carbonyl (C=O) groups excluding carboxylic acids is 1. The van der Waals surface area contributed by atoms with Crippen molar-refractivity contribution in [1.29, 1.82) is 0 Å². The summed E-state index contributed by atoms with van der Waals surface area (Å²) in [6.07, 6.45) is 3.28. The fourth-order valence-corrected chi connectivity index (χ4v) is 4.13. The minimum atomic E-state index is -0.125. The number of nitrogens with zero attached hydrogens (tertiary/aromatic N) is 5. The molecule has 32 heavy (non-hydrogen) atoms. The minimum absolute atomic E-state index is 0.0342. The van der Waals surface area contributed by atoms with E-state index in [-0.39, 0.29) is 11.8 Å². The predicted octanol–water partition coefficient (Wildman–Crippen LogP) is 3.98. The van der Waals surface area contributed by atoms with Crippen LogP contribution >= 0.6 is 23.8 Å². The van der Waals surface area contributed by atoms with Gasteiger partial charge in [0.1, 0.15) is 11.6 Å². The summed E-state index contributed by atoms with van der Waals surface area (Å²) in [4.78, 5) is 19.1. The average Bonchev–Trinajstić information content (AvgIpc) is 3.09. The number of nitrogens with one attached hydrogen (secondary N) is 1. The first-order valence-electron chi connectivity index (χ1n) is 10.4. The highest BCUT2D eigenvalue weighted by atomic mass is 35.5. The Balaban J connectivity index is 1.44. The highest BCUT2D eigenvalue weighted by Gasteiger charge is 2.27. The molecule has 0 radical (unpaired) electrons. The van der Waals surface area contributed by atoms with Crippen molar-refractivity contribution >= 4 is 35.5 Å². The molecule has 1 saturated heterocycles. The van der Waals surface area contributed by atoms with Gasteiger partial charge in [-0.15, -0.1) is 0 Å². The van der Waals surface area contributed by atoms with E-state index in [9.17, 15) is 4.79 Å². The SMILES string of the molecule is COc1ccc(-c2nn(CN3CCCC(C(=O)Nc4ccc(Cl)cn4)C3)c(=S)n2C)cc1. The molecule has 0 aliphatic carbocycles. The van der Waals surface area contributed by atoms with E-state index in [0.29, 0.717) is 28.8 Å². The Morgan fingerprint density at radius 3 is 2.75 bits per heavy atom. The van der Waals surface area contributed by atoms with Crippen molar-refractivity contribution in [3.8, 4) is 17.1 Å². The van der Waals surface area contributed by atoms with Gasteiger partial charge < -0.3 is 14.6 Å². The molecule has 2 aromatic heterocycles. The van der Waals surface area contributed by atoms with Crippen LogP contribution in [0.1, 0.15) is 12.8 Å². The molecule has 1 aromatic carbocycles.